The van der Waals surface area contributed by atoms with Crippen molar-refractivity contribution in [2.45, 2.75) is 11.8 Å². The van der Waals surface area contributed by atoms with Crippen molar-refractivity contribution < 1.29 is 22.3 Å². The minimum Gasteiger partial charge on any atom is -0.496 e. The minimum absolute atomic E-state index is 0.0638. The number of nitrogens with one attached hydrogen (secondary N) is 1. The second kappa shape index (κ2) is 8.59. The maximum atomic E-state index is 13.7. The van der Waals surface area contributed by atoms with E-state index < -0.39 is 21.6 Å². The molecule has 0 amide bonds. The van der Waals surface area contributed by atoms with E-state index in [0.717, 1.165) is 12.1 Å². The molecule has 0 aliphatic rings. The Bertz CT molecular complexity index is 1250. The number of aromatic nitrogens is 1. The minimum atomic E-state index is -4.10. The van der Waals surface area contributed by atoms with Crippen LogP contribution in [0.4, 0.5) is 10.1 Å². The number of methoxy groups -OCH3 is 1. The molecular formula is C20H15Cl2FN2O4S. The molecule has 3 aromatic rings. The summed E-state index contributed by atoms with van der Waals surface area (Å²) in [7, 11) is -2.77. The molecule has 0 spiro atoms. The number of carbonyl (C=O) groups excluding carboxylic acids is 1. The first-order valence-corrected chi connectivity index (χ1v) is 10.7. The molecule has 30 heavy (non-hydrogen) atoms. The van der Waals surface area contributed by atoms with E-state index in [1.165, 1.54) is 43.6 Å². The molecule has 0 radical (unpaired) electrons. The van der Waals surface area contributed by atoms with E-state index in [2.05, 4.69) is 9.71 Å². The van der Waals surface area contributed by atoms with Crippen LogP contribution in [0.25, 0.3) is 0 Å². The number of ether oxygens (including phenoxy) is 1. The summed E-state index contributed by atoms with van der Waals surface area (Å²) in [4.78, 5) is 16.9. The van der Waals surface area contributed by atoms with Crippen LogP contribution in [0.3, 0.4) is 0 Å². The van der Waals surface area contributed by atoms with E-state index in [0.29, 0.717) is 10.6 Å². The maximum absolute atomic E-state index is 13.7. The van der Waals surface area contributed by atoms with Gasteiger partial charge in [-0.1, -0.05) is 23.2 Å². The molecule has 0 aliphatic carbocycles. The number of sulfonamides is 1. The molecule has 0 fully saturated rings. The summed E-state index contributed by atoms with van der Waals surface area (Å²) >= 11 is 11.9. The molecule has 1 heterocycles. The van der Waals surface area contributed by atoms with Gasteiger partial charge in [-0.2, -0.15) is 0 Å². The lowest BCUT2D eigenvalue weighted by molar-refractivity contribution is 0.103. The maximum Gasteiger partial charge on any atom is 0.261 e. The van der Waals surface area contributed by atoms with Crippen LogP contribution < -0.4 is 9.46 Å². The van der Waals surface area contributed by atoms with E-state index in [9.17, 15) is 17.6 Å². The molecule has 2 aromatic carbocycles. The zero-order valence-electron chi connectivity index (χ0n) is 15.7. The number of hydrogen-bond acceptors (Lipinski definition) is 5. The second-order valence-corrected chi connectivity index (χ2v) is 8.77. The largest absolute Gasteiger partial charge is 0.496 e. The topological polar surface area (TPSA) is 85.4 Å². The van der Waals surface area contributed by atoms with Gasteiger partial charge in [-0.25, -0.2) is 17.8 Å². The average Bonchev–Trinajstić information content (AvgIpc) is 2.69. The average molecular weight is 469 g/mol. The van der Waals surface area contributed by atoms with Gasteiger partial charge in [-0.05, 0) is 55.0 Å². The fourth-order valence-corrected chi connectivity index (χ4v) is 4.09. The fourth-order valence-electron chi connectivity index (χ4n) is 2.67. The van der Waals surface area contributed by atoms with Crippen molar-refractivity contribution >= 4 is 44.7 Å². The lowest BCUT2D eigenvalue weighted by Gasteiger charge is -2.14. The number of ketones is 1. The van der Waals surface area contributed by atoms with Crippen LogP contribution in [-0.4, -0.2) is 26.3 Å². The molecule has 0 saturated heterocycles. The number of aryl methyl sites for hydroxylation is 1. The third kappa shape index (κ3) is 4.56. The highest BCUT2D eigenvalue weighted by Crippen LogP contribution is 2.29. The fraction of sp³-hybridized carbons (Fsp3) is 0.100. The standard InChI is InChI=1S/C20H15Cl2FN2O4S/c1-11-7-14(4-5-16(11)22)30(27,28)25-17-8-12(21)10-24-19(17)20(26)15-9-13(23)3-6-18(15)29-2/h3-10,25H,1-2H3. The SMILES string of the molecule is COc1ccc(F)cc1C(=O)c1ncc(Cl)cc1NS(=O)(=O)c1ccc(Cl)c(C)c1. The van der Waals surface area contributed by atoms with Crippen LogP contribution in [0.5, 0.6) is 5.75 Å². The van der Waals surface area contributed by atoms with Gasteiger partial charge in [-0.3, -0.25) is 9.52 Å². The molecule has 0 bridgehead atoms. The number of pyridine rings is 1. The lowest BCUT2D eigenvalue weighted by Crippen LogP contribution is -2.17. The number of nitrogens with zero attached hydrogens (tertiary/aromatic N) is 1. The highest BCUT2D eigenvalue weighted by atomic mass is 35.5. The molecule has 0 saturated carbocycles. The Labute approximate surface area is 182 Å². The normalized spacial score (nSPS) is 11.2. The van der Waals surface area contributed by atoms with Gasteiger partial charge in [0.05, 0.1) is 28.3 Å². The first-order valence-electron chi connectivity index (χ1n) is 8.45. The number of anilines is 1. The van der Waals surface area contributed by atoms with Crippen molar-refractivity contribution in [1.29, 1.82) is 0 Å². The zero-order valence-corrected chi connectivity index (χ0v) is 18.1. The summed E-state index contributed by atoms with van der Waals surface area (Å²) in [5.41, 5.74) is 0.0173. The van der Waals surface area contributed by atoms with Gasteiger partial charge >= 0.3 is 0 Å². The van der Waals surface area contributed by atoms with Crippen LogP contribution in [0.15, 0.2) is 53.6 Å². The van der Waals surface area contributed by atoms with Crippen molar-refractivity contribution in [2.24, 2.45) is 0 Å². The number of halogens is 3. The quantitative estimate of drug-likeness (QED) is 0.521. The summed E-state index contributed by atoms with van der Waals surface area (Å²) in [6, 6.07) is 8.82. The molecule has 0 aliphatic heterocycles. The van der Waals surface area contributed by atoms with E-state index in [-0.39, 0.29) is 32.6 Å². The van der Waals surface area contributed by atoms with Crippen LogP contribution in [0.1, 0.15) is 21.6 Å². The summed E-state index contributed by atoms with van der Waals surface area (Å²) in [5.74, 6) is -1.29. The highest BCUT2D eigenvalue weighted by Gasteiger charge is 2.24. The van der Waals surface area contributed by atoms with Gasteiger partial charge in [0.25, 0.3) is 10.0 Å². The Balaban J connectivity index is 2.07. The Hall–Kier alpha value is -2.68. The smallest absolute Gasteiger partial charge is 0.261 e. The second-order valence-electron chi connectivity index (χ2n) is 6.24. The predicted molar refractivity (Wildman–Crippen MR) is 113 cm³/mol. The van der Waals surface area contributed by atoms with Crippen LogP contribution in [0, 0.1) is 12.7 Å². The highest BCUT2D eigenvalue weighted by molar-refractivity contribution is 7.92. The number of carbonyl (C=O) groups is 1. The third-order valence-corrected chi connectivity index (χ3v) is 6.15. The van der Waals surface area contributed by atoms with Crippen LogP contribution >= 0.6 is 23.2 Å². The molecule has 0 unspecified atom stereocenters. The van der Waals surface area contributed by atoms with Crippen molar-refractivity contribution in [3.63, 3.8) is 0 Å². The molecular weight excluding hydrogens is 454 g/mol. The zero-order chi connectivity index (χ0) is 22.1. The molecule has 1 aromatic heterocycles. The summed E-state index contributed by atoms with van der Waals surface area (Å²) in [6.07, 6.45) is 1.19. The summed E-state index contributed by atoms with van der Waals surface area (Å²) in [6.45, 7) is 1.66. The molecule has 1 N–H and O–H groups in total. The summed E-state index contributed by atoms with van der Waals surface area (Å²) in [5, 5.41) is 0.509. The number of hydrogen-bond donors (Lipinski definition) is 1. The molecule has 156 valence electrons. The van der Waals surface area contributed by atoms with Crippen molar-refractivity contribution in [1.82, 2.24) is 4.98 Å². The Kier molecular flexibility index (Phi) is 6.30. The molecule has 3 rings (SSSR count). The number of rotatable bonds is 6. The summed E-state index contributed by atoms with van der Waals surface area (Å²) < 4.78 is 46.8. The third-order valence-electron chi connectivity index (χ3n) is 4.16. The van der Waals surface area contributed by atoms with E-state index in [1.54, 1.807) is 6.92 Å². The Morgan fingerprint density at radius 2 is 1.87 bits per heavy atom. The first kappa shape index (κ1) is 22.0. The predicted octanol–water partition coefficient (Wildman–Crippen LogP) is 4.88. The van der Waals surface area contributed by atoms with Gasteiger partial charge in [0.15, 0.2) is 0 Å². The van der Waals surface area contributed by atoms with Gasteiger partial charge in [0.1, 0.15) is 17.3 Å². The lowest BCUT2D eigenvalue weighted by atomic mass is 10.1. The van der Waals surface area contributed by atoms with Crippen molar-refractivity contribution in [3.05, 3.63) is 81.3 Å². The van der Waals surface area contributed by atoms with Gasteiger partial charge in [0.2, 0.25) is 5.78 Å². The van der Waals surface area contributed by atoms with Crippen LogP contribution in [0.2, 0.25) is 10.0 Å². The van der Waals surface area contributed by atoms with E-state index >= 15 is 0 Å². The van der Waals surface area contributed by atoms with Gasteiger partial charge in [0, 0.05) is 11.2 Å². The molecule has 10 heteroatoms. The monoisotopic (exact) mass is 468 g/mol. The molecule has 0 atom stereocenters. The van der Waals surface area contributed by atoms with E-state index in [4.69, 9.17) is 27.9 Å². The first-order chi connectivity index (χ1) is 14.1. The van der Waals surface area contributed by atoms with Crippen LogP contribution in [-0.2, 0) is 10.0 Å². The number of benzene rings is 2. The molecule has 6 nitrogen and oxygen atoms in total. The van der Waals surface area contributed by atoms with E-state index in [1.807, 2.05) is 0 Å². The Morgan fingerprint density at radius 3 is 2.53 bits per heavy atom. The van der Waals surface area contributed by atoms with Gasteiger partial charge < -0.3 is 4.74 Å². The van der Waals surface area contributed by atoms with Crippen molar-refractivity contribution in [3.8, 4) is 5.75 Å². The Morgan fingerprint density at radius 1 is 1.13 bits per heavy atom. The van der Waals surface area contributed by atoms with Gasteiger partial charge in [-0.15, -0.1) is 0 Å². The van der Waals surface area contributed by atoms with Crippen molar-refractivity contribution in [2.75, 3.05) is 11.8 Å².